The van der Waals surface area contributed by atoms with E-state index in [2.05, 4.69) is 4.72 Å². The second kappa shape index (κ2) is 5.91. The Balaban J connectivity index is 2.78. The van der Waals surface area contributed by atoms with Crippen molar-refractivity contribution >= 4 is 15.7 Å². The summed E-state index contributed by atoms with van der Waals surface area (Å²) >= 11 is 0. The molecule has 0 unspecified atom stereocenters. The Kier molecular flexibility index (Phi) is 4.81. The molecule has 0 atom stereocenters. The summed E-state index contributed by atoms with van der Waals surface area (Å²) in [6.45, 7) is 3.84. The maximum absolute atomic E-state index is 11.7. The molecule has 1 aromatic carbocycles. The van der Waals surface area contributed by atoms with Gasteiger partial charge < -0.3 is 4.74 Å². The molecule has 5 heteroatoms. The molecule has 1 N–H and O–H groups in total. The lowest BCUT2D eigenvalue weighted by Crippen LogP contribution is -2.16. The van der Waals surface area contributed by atoms with Gasteiger partial charge in [0.2, 0.25) is 10.0 Å². The zero-order valence-electron chi connectivity index (χ0n) is 10.5. The van der Waals surface area contributed by atoms with Crippen LogP contribution in [-0.4, -0.2) is 21.3 Å². The quantitative estimate of drug-likeness (QED) is 0.852. The summed E-state index contributed by atoms with van der Waals surface area (Å²) in [5.41, 5.74) is 1.49. The molecule has 1 aromatic rings. The highest BCUT2D eigenvalue weighted by molar-refractivity contribution is 7.92. The highest BCUT2D eigenvalue weighted by Gasteiger charge is 2.10. The first-order valence-corrected chi connectivity index (χ1v) is 7.29. The smallest absolute Gasteiger partial charge is 0.232 e. The predicted molar refractivity (Wildman–Crippen MR) is 70.0 cm³/mol. The Morgan fingerprint density at radius 3 is 2.59 bits per heavy atom. The maximum Gasteiger partial charge on any atom is 0.232 e. The first-order chi connectivity index (χ1) is 7.98. The van der Waals surface area contributed by atoms with Crippen LogP contribution < -0.4 is 9.46 Å². The molecule has 1 rings (SSSR count). The fourth-order valence-electron chi connectivity index (χ4n) is 1.51. The molecule has 0 amide bonds. The zero-order chi connectivity index (χ0) is 12.9. The van der Waals surface area contributed by atoms with E-state index < -0.39 is 10.0 Å². The zero-order valence-corrected chi connectivity index (χ0v) is 11.3. The third-order valence-electron chi connectivity index (χ3n) is 2.43. The van der Waals surface area contributed by atoms with Crippen molar-refractivity contribution in [2.24, 2.45) is 0 Å². The second-order valence-electron chi connectivity index (χ2n) is 3.96. The molecule has 0 aliphatic carbocycles. The number of ether oxygens (including phenoxy) is 1. The van der Waals surface area contributed by atoms with Crippen molar-refractivity contribution in [2.75, 3.05) is 17.6 Å². The molecule has 0 heterocycles. The van der Waals surface area contributed by atoms with E-state index in [0.717, 1.165) is 17.7 Å². The topological polar surface area (TPSA) is 55.4 Å². The van der Waals surface area contributed by atoms with E-state index in [1.165, 1.54) is 0 Å². The number of methoxy groups -OCH3 is 1. The lowest BCUT2D eigenvalue weighted by atomic mass is 10.2. The monoisotopic (exact) mass is 257 g/mol. The molecule has 0 spiro atoms. The second-order valence-corrected chi connectivity index (χ2v) is 5.80. The number of nitrogens with one attached hydrogen (secondary N) is 1. The fourth-order valence-corrected chi connectivity index (χ4v) is 2.76. The van der Waals surface area contributed by atoms with Crippen LogP contribution in [-0.2, 0) is 10.0 Å². The third-order valence-corrected chi connectivity index (χ3v) is 3.81. The van der Waals surface area contributed by atoms with E-state index in [1.54, 1.807) is 25.3 Å². The molecule has 0 fully saturated rings. The summed E-state index contributed by atoms with van der Waals surface area (Å²) in [5.74, 6) is 0.913. The van der Waals surface area contributed by atoms with Crippen molar-refractivity contribution in [3.8, 4) is 5.75 Å². The normalized spacial score (nSPS) is 11.2. The van der Waals surface area contributed by atoms with Crippen molar-refractivity contribution in [3.05, 3.63) is 23.8 Å². The fraction of sp³-hybridized carbons (Fsp3) is 0.500. The Bertz CT molecular complexity index is 469. The number of unbranched alkanes of at least 4 members (excludes halogenated alkanes) is 1. The highest BCUT2D eigenvalue weighted by Crippen LogP contribution is 2.22. The molecule has 0 aliphatic heterocycles. The van der Waals surface area contributed by atoms with Crippen molar-refractivity contribution in [1.29, 1.82) is 0 Å². The summed E-state index contributed by atoms with van der Waals surface area (Å²) in [5, 5.41) is 0. The summed E-state index contributed by atoms with van der Waals surface area (Å²) in [6.07, 6.45) is 1.53. The Labute approximate surface area is 103 Å². The standard InChI is InChI=1S/C12H19NO3S/c1-4-5-8-17(14,15)13-11-6-7-12(16-3)10(2)9-11/h6-7,9,13H,4-5,8H2,1-3H3. The molecule has 0 aromatic heterocycles. The molecule has 0 aliphatic rings. The number of sulfonamides is 1. The van der Waals surface area contributed by atoms with Crippen molar-refractivity contribution in [2.45, 2.75) is 26.7 Å². The number of anilines is 1. The van der Waals surface area contributed by atoms with Gasteiger partial charge in [0.05, 0.1) is 12.9 Å². The van der Waals surface area contributed by atoms with Gasteiger partial charge in [0.25, 0.3) is 0 Å². The largest absolute Gasteiger partial charge is 0.496 e. The molecular weight excluding hydrogens is 238 g/mol. The summed E-state index contributed by atoms with van der Waals surface area (Å²) in [4.78, 5) is 0. The van der Waals surface area contributed by atoms with Gasteiger partial charge in [-0.2, -0.15) is 0 Å². The van der Waals surface area contributed by atoms with Crippen LogP contribution in [0.15, 0.2) is 18.2 Å². The average Bonchev–Trinajstić information content (AvgIpc) is 2.26. The van der Waals surface area contributed by atoms with Crippen LogP contribution in [0.25, 0.3) is 0 Å². The molecule has 0 saturated heterocycles. The maximum atomic E-state index is 11.7. The van der Waals surface area contributed by atoms with Crippen molar-refractivity contribution in [1.82, 2.24) is 0 Å². The molecule has 96 valence electrons. The van der Waals surface area contributed by atoms with Crippen molar-refractivity contribution in [3.63, 3.8) is 0 Å². The average molecular weight is 257 g/mol. The van der Waals surface area contributed by atoms with Crippen LogP contribution in [0.3, 0.4) is 0 Å². The van der Waals surface area contributed by atoms with Crippen LogP contribution in [0.5, 0.6) is 5.75 Å². The molecule has 0 radical (unpaired) electrons. The molecule has 17 heavy (non-hydrogen) atoms. The van der Waals surface area contributed by atoms with Crippen LogP contribution in [0.1, 0.15) is 25.3 Å². The van der Waals surface area contributed by atoms with E-state index in [1.807, 2.05) is 13.8 Å². The van der Waals surface area contributed by atoms with Gasteiger partial charge in [0.15, 0.2) is 0 Å². The number of aryl methyl sites for hydroxylation is 1. The van der Waals surface area contributed by atoms with Crippen molar-refractivity contribution < 1.29 is 13.2 Å². The Morgan fingerprint density at radius 2 is 2.06 bits per heavy atom. The molecular formula is C12H19NO3S. The van der Waals surface area contributed by atoms with Gasteiger partial charge in [-0.1, -0.05) is 13.3 Å². The van der Waals surface area contributed by atoms with Gasteiger partial charge in [-0.3, -0.25) is 4.72 Å². The third kappa shape index (κ3) is 4.26. The van der Waals surface area contributed by atoms with Gasteiger partial charge >= 0.3 is 0 Å². The first-order valence-electron chi connectivity index (χ1n) is 5.63. The molecule has 0 bridgehead atoms. The van der Waals surface area contributed by atoms with E-state index in [0.29, 0.717) is 12.1 Å². The first kappa shape index (κ1) is 13.8. The summed E-state index contributed by atoms with van der Waals surface area (Å²) in [6, 6.07) is 5.23. The van der Waals surface area contributed by atoms with Crippen LogP contribution in [0.2, 0.25) is 0 Å². The SMILES string of the molecule is CCCCS(=O)(=O)Nc1ccc(OC)c(C)c1. The summed E-state index contributed by atoms with van der Waals surface area (Å²) in [7, 11) is -1.63. The minimum atomic E-state index is -3.22. The van der Waals surface area contributed by atoms with E-state index >= 15 is 0 Å². The van der Waals surface area contributed by atoms with Gasteiger partial charge in [-0.25, -0.2) is 8.42 Å². The molecule has 0 saturated carbocycles. The number of benzene rings is 1. The van der Waals surface area contributed by atoms with Crippen LogP contribution in [0, 0.1) is 6.92 Å². The minimum absolute atomic E-state index is 0.161. The molecule has 4 nitrogen and oxygen atoms in total. The summed E-state index contributed by atoms with van der Waals surface area (Å²) < 4.78 is 31.0. The number of hydrogen-bond donors (Lipinski definition) is 1. The lowest BCUT2D eigenvalue weighted by molar-refractivity contribution is 0.412. The van der Waals surface area contributed by atoms with Crippen LogP contribution >= 0.6 is 0 Å². The van der Waals surface area contributed by atoms with E-state index in [-0.39, 0.29) is 5.75 Å². The lowest BCUT2D eigenvalue weighted by Gasteiger charge is -2.10. The number of rotatable bonds is 6. The Morgan fingerprint density at radius 1 is 1.35 bits per heavy atom. The number of hydrogen-bond acceptors (Lipinski definition) is 3. The predicted octanol–water partition coefficient (Wildman–Crippen LogP) is 2.55. The highest BCUT2D eigenvalue weighted by atomic mass is 32.2. The van der Waals surface area contributed by atoms with Crippen LogP contribution in [0.4, 0.5) is 5.69 Å². The van der Waals surface area contributed by atoms with Gasteiger partial charge in [0.1, 0.15) is 5.75 Å². The van der Waals surface area contributed by atoms with Gasteiger partial charge in [0, 0.05) is 5.69 Å². The van der Waals surface area contributed by atoms with E-state index in [9.17, 15) is 8.42 Å². The van der Waals surface area contributed by atoms with E-state index in [4.69, 9.17) is 4.74 Å². The van der Waals surface area contributed by atoms with Gasteiger partial charge in [-0.15, -0.1) is 0 Å². The Hall–Kier alpha value is -1.23. The minimum Gasteiger partial charge on any atom is -0.496 e. The van der Waals surface area contributed by atoms with Gasteiger partial charge in [-0.05, 0) is 37.1 Å².